The molecule has 0 fully saturated rings. The quantitative estimate of drug-likeness (QED) is 0.851. The summed E-state index contributed by atoms with van der Waals surface area (Å²) < 4.78 is 7.08. The Morgan fingerprint density at radius 1 is 1.29 bits per heavy atom. The number of carbonyl (C=O) groups is 1. The van der Waals surface area contributed by atoms with E-state index in [0.717, 1.165) is 16.8 Å². The van der Waals surface area contributed by atoms with Crippen molar-refractivity contribution in [2.75, 3.05) is 11.9 Å². The minimum Gasteiger partial charge on any atom is -0.377 e. The third kappa shape index (κ3) is 5.04. The predicted octanol–water partition coefficient (Wildman–Crippen LogP) is 2.53. The molecule has 1 aromatic carbocycles. The highest BCUT2D eigenvalue weighted by Gasteiger charge is 2.04. The van der Waals surface area contributed by atoms with Crippen LogP contribution in [0.25, 0.3) is 0 Å². The van der Waals surface area contributed by atoms with Crippen molar-refractivity contribution in [3.05, 3.63) is 47.8 Å². The van der Waals surface area contributed by atoms with Gasteiger partial charge in [0, 0.05) is 32.0 Å². The molecule has 0 bridgehead atoms. The van der Waals surface area contributed by atoms with E-state index in [-0.39, 0.29) is 5.91 Å². The van der Waals surface area contributed by atoms with E-state index in [0.29, 0.717) is 26.1 Å². The molecule has 5 nitrogen and oxygen atoms in total. The molecule has 0 unspecified atom stereocenters. The number of anilines is 1. The second-order valence-corrected chi connectivity index (χ2v) is 4.90. The standard InChI is InChI=1S/C16H21N3O2/c1-3-21-12-13-4-7-15(8-5-13)18-16(20)9-6-14-10-17-19(2)11-14/h4-5,7-8,10-11H,3,6,9,12H2,1-2H3,(H,18,20). The lowest BCUT2D eigenvalue weighted by Crippen LogP contribution is -2.12. The van der Waals surface area contributed by atoms with Gasteiger partial charge in [0.05, 0.1) is 12.8 Å². The Hall–Kier alpha value is -2.14. The van der Waals surface area contributed by atoms with E-state index in [2.05, 4.69) is 10.4 Å². The van der Waals surface area contributed by atoms with Gasteiger partial charge in [0.1, 0.15) is 0 Å². The molecule has 21 heavy (non-hydrogen) atoms. The summed E-state index contributed by atoms with van der Waals surface area (Å²) in [5.74, 6) is 0.0106. The number of carbonyl (C=O) groups excluding carboxylic acids is 1. The van der Waals surface area contributed by atoms with Crippen LogP contribution in [0.1, 0.15) is 24.5 Å². The van der Waals surface area contributed by atoms with Crippen molar-refractivity contribution in [3.8, 4) is 0 Å². The first-order chi connectivity index (χ1) is 10.2. The average Bonchev–Trinajstić information content (AvgIpc) is 2.90. The molecule has 5 heteroatoms. The molecule has 0 aliphatic rings. The molecule has 0 radical (unpaired) electrons. The van der Waals surface area contributed by atoms with Crippen molar-refractivity contribution in [1.29, 1.82) is 0 Å². The molecule has 112 valence electrons. The Kier molecular flexibility index (Phi) is 5.51. The van der Waals surface area contributed by atoms with Crippen molar-refractivity contribution < 1.29 is 9.53 Å². The topological polar surface area (TPSA) is 56.1 Å². The van der Waals surface area contributed by atoms with E-state index in [1.807, 2.05) is 44.4 Å². The molecule has 1 amide bonds. The Morgan fingerprint density at radius 2 is 2.05 bits per heavy atom. The third-order valence-corrected chi connectivity index (χ3v) is 3.11. The van der Waals surface area contributed by atoms with Crippen molar-refractivity contribution in [2.45, 2.75) is 26.4 Å². The molecular formula is C16H21N3O2. The summed E-state index contributed by atoms with van der Waals surface area (Å²) >= 11 is 0. The highest BCUT2D eigenvalue weighted by Crippen LogP contribution is 2.11. The predicted molar refractivity (Wildman–Crippen MR) is 81.9 cm³/mol. The summed E-state index contributed by atoms with van der Waals surface area (Å²) in [6.07, 6.45) is 4.86. The molecule has 2 rings (SSSR count). The van der Waals surface area contributed by atoms with Gasteiger partial charge in [0.25, 0.3) is 0 Å². The van der Waals surface area contributed by atoms with E-state index in [1.54, 1.807) is 10.9 Å². The molecule has 1 heterocycles. The Labute approximate surface area is 124 Å². The number of nitrogens with zero attached hydrogens (tertiary/aromatic N) is 2. The highest BCUT2D eigenvalue weighted by molar-refractivity contribution is 5.90. The van der Waals surface area contributed by atoms with Crippen LogP contribution in [0.5, 0.6) is 0 Å². The zero-order valence-corrected chi connectivity index (χ0v) is 12.5. The van der Waals surface area contributed by atoms with Gasteiger partial charge in [-0.3, -0.25) is 9.48 Å². The molecule has 0 saturated heterocycles. The van der Waals surface area contributed by atoms with Crippen LogP contribution < -0.4 is 5.32 Å². The van der Waals surface area contributed by atoms with Crippen LogP contribution in [0.15, 0.2) is 36.7 Å². The van der Waals surface area contributed by atoms with Crippen LogP contribution in [0.4, 0.5) is 5.69 Å². The number of benzene rings is 1. The summed E-state index contributed by atoms with van der Waals surface area (Å²) in [6.45, 7) is 3.27. The molecule has 0 spiro atoms. The number of aromatic nitrogens is 2. The van der Waals surface area contributed by atoms with Crippen molar-refractivity contribution >= 4 is 11.6 Å². The van der Waals surface area contributed by atoms with Crippen LogP contribution >= 0.6 is 0 Å². The number of ether oxygens (including phenoxy) is 1. The van der Waals surface area contributed by atoms with Gasteiger partial charge in [-0.2, -0.15) is 5.10 Å². The van der Waals surface area contributed by atoms with Crippen LogP contribution in [-0.4, -0.2) is 22.3 Å². The van der Waals surface area contributed by atoms with Crippen LogP contribution in [0, 0.1) is 0 Å². The first-order valence-electron chi connectivity index (χ1n) is 7.11. The maximum atomic E-state index is 11.9. The lowest BCUT2D eigenvalue weighted by atomic mass is 10.2. The lowest BCUT2D eigenvalue weighted by molar-refractivity contribution is -0.116. The van der Waals surface area contributed by atoms with Gasteiger partial charge in [-0.15, -0.1) is 0 Å². The zero-order chi connectivity index (χ0) is 15.1. The molecule has 0 saturated carbocycles. The number of amides is 1. The summed E-state index contributed by atoms with van der Waals surface area (Å²) in [5.41, 5.74) is 2.98. The van der Waals surface area contributed by atoms with E-state index in [4.69, 9.17) is 4.74 Å². The lowest BCUT2D eigenvalue weighted by Gasteiger charge is -2.06. The van der Waals surface area contributed by atoms with Gasteiger partial charge in [0.15, 0.2) is 0 Å². The number of rotatable bonds is 7. The Balaban J connectivity index is 1.79. The second-order valence-electron chi connectivity index (χ2n) is 4.90. The van der Waals surface area contributed by atoms with Gasteiger partial charge >= 0.3 is 0 Å². The normalized spacial score (nSPS) is 10.6. The summed E-state index contributed by atoms with van der Waals surface area (Å²) in [4.78, 5) is 11.9. The first-order valence-corrected chi connectivity index (χ1v) is 7.11. The summed E-state index contributed by atoms with van der Waals surface area (Å²) in [5, 5.41) is 6.98. The zero-order valence-electron chi connectivity index (χ0n) is 12.5. The van der Waals surface area contributed by atoms with Gasteiger partial charge < -0.3 is 10.1 Å². The van der Waals surface area contributed by atoms with E-state index < -0.39 is 0 Å². The second kappa shape index (κ2) is 7.59. The fraction of sp³-hybridized carbons (Fsp3) is 0.375. The van der Waals surface area contributed by atoms with E-state index >= 15 is 0 Å². The van der Waals surface area contributed by atoms with Gasteiger partial charge in [-0.1, -0.05) is 12.1 Å². The number of aryl methyl sites for hydroxylation is 2. The molecular weight excluding hydrogens is 266 g/mol. The molecule has 0 atom stereocenters. The first kappa shape index (κ1) is 15.3. The molecule has 1 aromatic heterocycles. The number of hydrogen-bond donors (Lipinski definition) is 1. The van der Waals surface area contributed by atoms with Crippen molar-refractivity contribution in [3.63, 3.8) is 0 Å². The number of hydrogen-bond acceptors (Lipinski definition) is 3. The van der Waals surface area contributed by atoms with Gasteiger partial charge in [-0.25, -0.2) is 0 Å². The number of nitrogens with one attached hydrogen (secondary N) is 1. The smallest absolute Gasteiger partial charge is 0.224 e. The summed E-state index contributed by atoms with van der Waals surface area (Å²) in [7, 11) is 1.87. The van der Waals surface area contributed by atoms with Gasteiger partial charge in [0.2, 0.25) is 5.91 Å². The highest BCUT2D eigenvalue weighted by atomic mass is 16.5. The van der Waals surface area contributed by atoms with Crippen molar-refractivity contribution in [1.82, 2.24) is 9.78 Å². The Bertz CT molecular complexity index is 575. The van der Waals surface area contributed by atoms with Gasteiger partial charge in [-0.05, 0) is 36.6 Å². The molecule has 0 aliphatic carbocycles. The molecule has 0 aliphatic heterocycles. The Morgan fingerprint density at radius 3 is 2.67 bits per heavy atom. The molecule has 2 aromatic rings. The third-order valence-electron chi connectivity index (χ3n) is 3.11. The maximum Gasteiger partial charge on any atom is 0.224 e. The minimum absolute atomic E-state index is 0.0106. The largest absolute Gasteiger partial charge is 0.377 e. The van der Waals surface area contributed by atoms with Crippen LogP contribution in [0.3, 0.4) is 0 Å². The fourth-order valence-electron chi connectivity index (χ4n) is 1.99. The minimum atomic E-state index is 0.0106. The van der Waals surface area contributed by atoms with Crippen LogP contribution in [-0.2, 0) is 29.6 Å². The molecule has 1 N–H and O–H groups in total. The van der Waals surface area contributed by atoms with Crippen molar-refractivity contribution in [2.24, 2.45) is 7.05 Å². The monoisotopic (exact) mass is 287 g/mol. The van der Waals surface area contributed by atoms with E-state index in [9.17, 15) is 4.79 Å². The van der Waals surface area contributed by atoms with Crippen LogP contribution in [0.2, 0.25) is 0 Å². The fourth-order valence-corrected chi connectivity index (χ4v) is 1.99. The average molecular weight is 287 g/mol. The maximum absolute atomic E-state index is 11.9. The van der Waals surface area contributed by atoms with E-state index in [1.165, 1.54) is 0 Å². The SMILES string of the molecule is CCOCc1ccc(NC(=O)CCc2cnn(C)c2)cc1. The summed E-state index contributed by atoms with van der Waals surface area (Å²) in [6, 6.07) is 7.73.